The minimum atomic E-state index is 0.277. The average Bonchev–Trinajstić information content (AvgIpc) is 3.10. The molecule has 4 rings (SSSR count). The van der Waals surface area contributed by atoms with Crippen LogP contribution >= 0.6 is 0 Å². The zero-order chi connectivity index (χ0) is 17.1. The molecule has 25 heavy (non-hydrogen) atoms. The third-order valence-corrected chi connectivity index (χ3v) is 5.43. The lowest BCUT2D eigenvalue weighted by atomic mass is 9.70. The summed E-state index contributed by atoms with van der Waals surface area (Å²) in [5.41, 5.74) is 5.05. The van der Waals surface area contributed by atoms with Crippen molar-refractivity contribution < 1.29 is 5.11 Å². The maximum absolute atomic E-state index is 9.94. The van der Waals surface area contributed by atoms with Crippen molar-refractivity contribution in [1.82, 2.24) is 9.88 Å². The first-order chi connectivity index (χ1) is 12.3. The summed E-state index contributed by atoms with van der Waals surface area (Å²) in [7, 11) is 1.19. The van der Waals surface area contributed by atoms with Gasteiger partial charge in [0.05, 0.1) is 0 Å². The minimum Gasteiger partial charge on any atom is -0.506 e. The zero-order valence-electron chi connectivity index (χ0n) is 14.7. The summed E-state index contributed by atoms with van der Waals surface area (Å²) in [6, 6.07) is 9.71. The van der Waals surface area contributed by atoms with Crippen molar-refractivity contribution >= 4 is 18.2 Å². The molecule has 0 radical (unpaired) electrons. The molecule has 0 saturated heterocycles. The van der Waals surface area contributed by atoms with E-state index >= 15 is 0 Å². The standard InChI is InChI=1S/C21H25BN2O/c25-20-7-4-5-16-8-9-18(23-21(16)20)6-2-1-3-13-24-14-11-19-17(15-24)10-12-22-19/h4-5,7-10,12,22,25H,1-3,6,11,13-15H2. The van der Waals surface area contributed by atoms with Gasteiger partial charge in [-0.05, 0) is 49.9 Å². The zero-order valence-corrected chi connectivity index (χ0v) is 14.7. The molecule has 0 saturated carbocycles. The van der Waals surface area contributed by atoms with Crippen LogP contribution in [0, 0.1) is 0 Å². The highest BCUT2D eigenvalue weighted by Gasteiger charge is 2.19. The number of pyridine rings is 1. The molecule has 0 atom stereocenters. The van der Waals surface area contributed by atoms with Gasteiger partial charge in [0.15, 0.2) is 7.28 Å². The molecule has 4 heteroatoms. The maximum atomic E-state index is 9.94. The summed E-state index contributed by atoms with van der Waals surface area (Å²) in [4.78, 5) is 7.22. The lowest BCUT2D eigenvalue weighted by Crippen LogP contribution is -2.32. The van der Waals surface area contributed by atoms with Crippen molar-refractivity contribution in [3.63, 3.8) is 0 Å². The number of phenols is 1. The Kier molecular flexibility index (Phi) is 4.89. The van der Waals surface area contributed by atoms with Gasteiger partial charge in [-0.25, -0.2) is 4.98 Å². The van der Waals surface area contributed by atoms with Crippen molar-refractivity contribution in [1.29, 1.82) is 0 Å². The van der Waals surface area contributed by atoms with Gasteiger partial charge in [-0.1, -0.05) is 36.2 Å². The Morgan fingerprint density at radius 3 is 3.04 bits per heavy atom. The molecular weight excluding hydrogens is 307 g/mol. The Labute approximate surface area is 150 Å². The van der Waals surface area contributed by atoms with Gasteiger partial charge in [0.2, 0.25) is 0 Å². The fourth-order valence-corrected chi connectivity index (χ4v) is 3.95. The molecule has 2 aromatic rings. The summed E-state index contributed by atoms with van der Waals surface area (Å²) >= 11 is 0. The van der Waals surface area contributed by atoms with Crippen LogP contribution in [0.15, 0.2) is 53.4 Å². The van der Waals surface area contributed by atoms with Crippen molar-refractivity contribution in [3.8, 4) is 5.75 Å². The molecule has 0 spiro atoms. The van der Waals surface area contributed by atoms with Gasteiger partial charge in [0.1, 0.15) is 11.3 Å². The largest absolute Gasteiger partial charge is 0.506 e. The molecule has 1 aromatic carbocycles. The van der Waals surface area contributed by atoms with E-state index in [1.807, 2.05) is 12.1 Å². The van der Waals surface area contributed by atoms with E-state index in [2.05, 4.69) is 34.1 Å². The number of aryl methyl sites for hydroxylation is 1. The quantitative estimate of drug-likeness (QED) is 0.649. The van der Waals surface area contributed by atoms with Gasteiger partial charge in [0.25, 0.3) is 0 Å². The number of fused-ring (bicyclic) bond motifs is 1. The number of aromatic nitrogens is 1. The van der Waals surface area contributed by atoms with Crippen molar-refractivity contribution in [2.75, 3.05) is 19.6 Å². The number of hydrogen-bond donors (Lipinski definition) is 1. The number of unbranched alkanes of at least 4 members (excludes halogenated alkanes) is 2. The normalized spacial score (nSPS) is 17.1. The fourth-order valence-electron chi connectivity index (χ4n) is 3.95. The number of hydrogen-bond acceptors (Lipinski definition) is 3. The van der Waals surface area contributed by atoms with Gasteiger partial charge in [-0.2, -0.15) is 0 Å². The molecule has 3 nitrogen and oxygen atoms in total. The lowest BCUT2D eigenvalue weighted by molar-refractivity contribution is 0.284. The summed E-state index contributed by atoms with van der Waals surface area (Å²) in [5.74, 6) is 2.58. The smallest absolute Gasteiger partial charge is 0.178 e. The topological polar surface area (TPSA) is 36.4 Å². The van der Waals surface area contributed by atoms with Gasteiger partial charge in [-0.3, -0.25) is 4.90 Å². The molecule has 1 aromatic heterocycles. The van der Waals surface area contributed by atoms with Crippen molar-refractivity contribution in [2.24, 2.45) is 0 Å². The molecule has 2 aliphatic heterocycles. The van der Waals surface area contributed by atoms with E-state index in [0.29, 0.717) is 0 Å². The predicted octanol–water partition coefficient (Wildman–Crippen LogP) is 3.58. The van der Waals surface area contributed by atoms with Crippen LogP contribution in [-0.2, 0) is 6.42 Å². The lowest BCUT2D eigenvalue weighted by Gasteiger charge is -2.28. The van der Waals surface area contributed by atoms with E-state index in [9.17, 15) is 5.11 Å². The molecular formula is C21H25BN2O. The number of phenolic OH excluding ortho intramolecular Hbond substituents is 1. The summed E-state index contributed by atoms with van der Waals surface area (Å²) < 4.78 is 0. The molecule has 0 bridgehead atoms. The van der Waals surface area contributed by atoms with Gasteiger partial charge in [0, 0.05) is 24.2 Å². The van der Waals surface area contributed by atoms with E-state index in [1.165, 1.54) is 39.6 Å². The first kappa shape index (κ1) is 16.4. The SMILES string of the molecule is Oc1cccc2ccc(CCCCCN3CCC4=C(C=CB4)C3)nc12. The van der Waals surface area contributed by atoms with Crippen LogP contribution in [-0.4, -0.2) is 41.9 Å². The Bertz CT molecular complexity index is 828. The van der Waals surface area contributed by atoms with Crippen molar-refractivity contribution in [2.45, 2.75) is 32.1 Å². The number of benzene rings is 1. The average molecular weight is 332 g/mol. The van der Waals surface area contributed by atoms with Gasteiger partial charge >= 0.3 is 0 Å². The highest BCUT2D eigenvalue weighted by molar-refractivity contribution is 6.53. The Morgan fingerprint density at radius 2 is 2.08 bits per heavy atom. The molecule has 0 unspecified atom stereocenters. The highest BCUT2D eigenvalue weighted by Crippen LogP contribution is 2.24. The maximum Gasteiger partial charge on any atom is 0.178 e. The first-order valence-corrected chi connectivity index (χ1v) is 9.47. The second-order valence-electron chi connectivity index (χ2n) is 7.22. The molecule has 0 aliphatic carbocycles. The number of para-hydroxylation sites is 1. The monoisotopic (exact) mass is 332 g/mol. The predicted molar refractivity (Wildman–Crippen MR) is 105 cm³/mol. The highest BCUT2D eigenvalue weighted by atomic mass is 16.3. The molecule has 0 fully saturated rings. The van der Waals surface area contributed by atoms with E-state index in [1.54, 1.807) is 17.1 Å². The minimum absolute atomic E-state index is 0.277. The fraction of sp³-hybridized carbons (Fsp3) is 0.381. The van der Waals surface area contributed by atoms with Gasteiger partial charge < -0.3 is 5.11 Å². The second-order valence-corrected chi connectivity index (χ2v) is 7.22. The third kappa shape index (κ3) is 3.79. The number of rotatable bonds is 6. The van der Waals surface area contributed by atoms with Crippen LogP contribution < -0.4 is 0 Å². The molecule has 1 N–H and O–H groups in total. The molecule has 3 heterocycles. The Morgan fingerprint density at radius 1 is 1.12 bits per heavy atom. The summed E-state index contributed by atoms with van der Waals surface area (Å²) in [6.07, 6.45) is 8.22. The van der Waals surface area contributed by atoms with Crippen LogP contribution in [0.1, 0.15) is 31.4 Å². The summed E-state index contributed by atoms with van der Waals surface area (Å²) in [5, 5.41) is 10.9. The van der Waals surface area contributed by atoms with Crippen LogP contribution in [0.25, 0.3) is 10.9 Å². The Hall–Kier alpha value is -2.07. The second kappa shape index (κ2) is 7.44. The molecule has 0 amide bonds. The van der Waals surface area contributed by atoms with E-state index in [0.717, 1.165) is 36.0 Å². The summed E-state index contributed by atoms with van der Waals surface area (Å²) in [6.45, 7) is 3.58. The van der Waals surface area contributed by atoms with Crippen LogP contribution in [0.5, 0.6) is 5.75 Å². The first-order valence-electron chi connectivity index (χ1n) is 9.47. The number of aromatic hydroxyl groups is 1. The van der Waals surface area contributed by atoms with Gasteiger partial charge in [-0.15, -0.1) is 5.98 Å². The van der Waals surface area contributed by atoms with Crippen LogP contribution in [0.4, 0.5) is 0 Å². The van der Waals surface area contributed by atoms with E-state index in [-0.39, 0.29) is 5.75 Å². The van der Waals surface area contributed by atoms with Crippen LogP contribution in [0.2, 0.25) is 0 Å². The van der Waals surface area contributed by atoms with E-state index in [4.69, 9.17) is 0 Å². The Balaban J connectivity index is 1.22. The van der Waals surface area contributed by atoms with Crippen LogP contribution in [0.3, 0.4) is 0 Å². The molecule has 2 aliphatic rings. The third-order valence-electron chi connectivity index (χ3n) is 5.43. The van der Waals surface area contributed by atoms with Crippen molar-refractivity contribution in [3.05, 3.63) is 59.1 Å². The number of nitrogens with zero attached hydrogens (tertiary/aromatic N) is 2. The van der Waals surface area contributed by atoms with E-state index < -0.39 is 0 Å². The molecule has 128 valence electrons.